The van der Waals surface area contributed by atoms with E-state index in [0.29, 0.717) is 5.13 Å². The number of nitrogens with two attached hydrogens (primary N) is 1. The zero-order valence-corrected chi connectivity index (χ0v) is 14.3. The van der Waals surface area contributed by atoms with E-state index >= 15 is 0 Å². The molecular weight excluding hydrogens is 316 g/mol. The van der Waals surface area contributed by atoms with Crippen LogP contribution >= 0.6 is 11.3 Å². The summed E-state index contributed by atoms with van der Waals surface area (Å²) in [5.41, 5.74) is 8.04. The second kappa shape index (κ2) is 6.71. The molecule has 4 nitrogen and oxygen atoms in total. The Morgan fingerprint density at radius 3 is 3.00 bits per heavy atom. The van der Waals surface area contributed by atoms with Crippen molar-refractivity contribution in [2.24, 2.45) is 0 Å². The van der Waals surface area contributed by atoms with E-state index in [1.54, 1.807) is 11.3 Å². The first-order chi connectivity index (χ1) is 11.8. The van der Waals surface area contributed by atoms with Crippen molar-refractivity contribution in [2.75, 3.05) is 25.4 Å². The van der Waals surface area contributed by atoms with Crippen molar-refractivity contribution in [3.05, 3.63) is 58.9 Å². The van der Waals surface area contributed by atoms with E-state index in [-0.39, 0.29) is 0 Å². The molecule has 2 N–H and O–H groups in total. The van der Waals surface area contributed by atoms with Crippen molar-refractivity contribution in [1.82, 2.24) is 14.9 Å². The first kappa shape index (κ1) is 15.3. The van der Waals surface area contributed by atoms with E-state index in [1.165, 1.54) is 21.3 Å². The molecule has 0 spiro atoms. The number of pyridine rings is 1. The maximum atomic E-state index is 5.81. The maximum absolute atomic E-state index is 5.81. The molecule has 122 valence electrons. The number of nitrogens with zero attached hydrogens (tertiary/aromatic N) is 3. The summed E-state index contributed by atoms with van der Waals surface area (Å²) in [4.78, 5) is 12.8. The average Bonchev–Trinajstić information content (AvgIpc) is 2.86. The van der Waals surface area contributed by atoms with Crippen molar-refractivity contribution in [3.63, 3.8) is 0 Å². The van der Waals surface area contributed by atoms with E-state index < -0.39 is 0 Å². The lowest BCUT2D eigenvalue weighted by atomic mass is 10.1. The summed E-state index contributed by atoms with van der Waals surface area (Å²) in [5, 5.41) is 3.14. The van der Waals surface area contributed by atoms with Crippen LogP contribution in [0.15, 0.2) is 42.6 Å². The van der Waals surface area contributed by atoms with Gasteiger partial charge in [0.2, 0.25) is 0 Å². The van der Waals surface area contributed by atoms with Crippen LogP contribution in [0.1, 0.15) is 16.3 Å². The fraction of sp³-hybridized carbons (Fsp3) is 0.263. The fourth-order valence-electron chi connectivity index (χ4n) is 3.20. The summed E-state index contributed by atoms with van der Waals surface area (Å²) < 4.78 is 0. The van der Waals surface area contributed by atoms with Gasteiger partial charge in [0, 0.05) is 42.5 Å². The molecule has 0 unspecified atom stereocenters. The van der Waals surface area contributed by atoms with Gasteiger partial charge in [0.15, 0.2) is 5.13 Å². The third kappa shape index (κ3) is 3.18. The van der Waals surface area contributed by atoms with Crippen LogP contribution in [-0.2, 0) is 12.8 Å². The van der Waals surface area contributed by atoms with Gasteiger partial charge in [-0.2, -0.15) is 0 Å². The molecule has 0 aliphatic carbocycles. The lowest BCUT2D eigenvalue weighted by molar-refractivity contribution is 0.318. The third-order valence-corrected chi connectivity index (χ3v) is 5.45. The van der Waals surface area contributed by atoms with Crippen LogP contribution in [0.2, 0.25) is 0 Å². The molecule has 1 aromatic carbocycles. The van der Waals surface area contributed by atoms with Crippen LogP contribution < -0.4 is 5.73 Å². The minimum Gasteiger partial charge on any atom is -0.375 e. The van der Waals surface area contributed by atoms with Crippen LogP contribution in [0.5, 0.6) is 0 Å². The molecule has 0 amide bonds. The molecule has 2 aromatic heterocycles. The molecule has 24 heavy (non-hydrogen) atoms. The van der Waals surface area contributed by atoms with E-state index in [4.69, 9.17) is 5.73 Å². The SMILES string of the molecule is Nc1nc2c(s1)CCN(CC=Cc1nccc3ccccc13)CC2. The number of aromatic nitrogens is 2. The highest BCUT2D eigenvalue weighted by molar-refractivity contribution is 7.15. The lowest BCUT2D eigenvalue weighted by Gasteiger charge is -2.17. The Kier molecular flexibility index (Phi) is 4.28. The maximum Gasteiger partial charge on any atom is 0.180 e. The zero-order chi connectivity index (χ0) is 16.4. The van der Waals surface area contributed by atoms with Crippen LogP contribution in [0.25, 0.3) is 16.8 Å². The van der Waals surface area contributed by atoms with Gasteiger partial charge < -0.3 is 5.73 Å². The molecule has 1 aliphatic rings. The minimum absolute atomic E-state index is 0.704. The number of benzene rings is 1. The molecule has 0 bridgehead atoms. The van der Waals surface area contributed by atoms with Gasteiger partial charge in [0.25, 0.3) is 0 Å². The standard InChI is InChI=1S/C19H20N4S/c20-19-22-17-8-12-23(13-9-18(17)24-19)11-3-6-16-15-5-2-1-4-14(15)7-10-21-16/h1-7,10H,8-9,11-13H2,(H2,20,22). The first-order valence-corrected chi connectivity index (χ1v) is 9.08. The van der Waals surface area contributed by atoms with Gasteiger partial charge in [-0.15, -0.1) is 11.3 Å². The molecule has 4 rings (SSSR count). The van der Waals surface area contributed by atoms with Crippen LogP contribution in [0.4, 0.5) is 5.13 Å². The summed E-state index contributed by atoms with van der Waals surface area (Å²) in [6, 6.07) is 10.4. The quantitative estimate of drug-likeness (QED) is 0.796. The van der Waals surface area contributed by atoms with E-state index in [2.05, 4.69) is 57.4 Å². The summed E-state index contributed by atoms with van der Waals surface area (Å²) in [6.45, 7) is 3.03. The fourth-order valence-corrected chi connectivity index (χ4v) is 4.07. The molecule has 1 aliphatic heterocycles. The lowest BCUT2D eigenvalue weighted by Crippen LogP contribution is -2.26. The highest BCUT2D eigenvalue weighted by atomic mass is 32.1. The number of thiazole rings is 1. The second-order valence-corrected chi connectivity index (χ2v) is 7.16. The van der Waals surface area contributed by atoms with Gasteiger partial charge in [0.05, 0.1) is 11.4 Å². The van der Waals surface area contributed by atoms with Crippen molar-refractivity contribution in [3.8, 4) is 0 Å². The zero-order valence-electron chi connectivity index (χ0n) is 13.5. The summed E-state index contributed by atoms with van der Waals surface area (Å²) in [5.74, 6) is 0. The molecule has 0 saturated heterocycles. The molecular formula is C19H20N4S. The third-order valence-electron chi connectivity index (χ3n) is 4.46. The number of rotatable bonds is 3. The largest absolute Gasteiger partial charge is 0.375 e. The van der Waals surface area contributed by atoms with Gasteiger partial charge in [-0.3, -0.25) is 9.88 Å². The van der Waals surface area contributed by atoms with Crippen molar-refractivity contribution < 1.29 is 0 Å². The number of hydrogen-bond acceptors (Lipinski definition) is 5. The van der Waals surface area contributed by atoms with Crippen LogP contribution in [-0.4, -0.2) is 34.5 Å². The van der Waals surface area contributed by atoms with Crippen molar-refractivity contribution in [1.29, 1.82) is 0 Å². The Morgan fingerprint density at radius 1 is 1.17 bits per heavy atom. The van der Waals surface area contributed by atoms with Gasteiger partial charge in [-0.05, 0) is 23.9 Å². The molecule has 0 radical (unpaired) electrons. The molecule has 0 atom stereocenters. The Labute approximate surface area is 145 Å². The minimum atomic E-state index is 0.704. The molecule has 3 aromatic rings. The van der Waals surface area contributed by atoms with E-state index in [0.717, 1.165) is 38.2 Å². The predicted molar refractivity (Wildman–Crippen MR) is 101 cm³/mol. The highest BCUT2D eigenvalue weighted by Crippen LogP contribution is 2.24. The van der Waals surface area contributed by atoms with E-state index in [1.807, 2.05) is 6.20 Å². The van der Waals surface area contributed by atoms with Gasteiger partial charge in [0.1, 0.15) is 0 Å². The van der Waals surface area contributed by atoms with Gasteiger partial charge in [-0.25, -0.2) is 4.98 Å². The van der Waals surface area contributed by atoms with Crippen molar-refractivity contribution >= 4 is 33.3 Å². The molecule has 5 heteroatoms. The predicted octanol–water partition coefficient (Wildman–Crippen LogP) is 3.39. The normalized spacial score (nSPS) is 15.7. The number of hydrogen-bond donors (Lipinski definition) is 1. The second-order valence-electron chi connectivity index (χ2n) is 6.04. The molecule has 3 heterocycles. The summed E-state index contributed by atoms with van der Waals surface area (Å²) >= 11 is 1.64. The summed E-state index contributed by atoms with van der Waals surface area (Å²) in [6.07, 6.45) is 8.27. The first-order valence-electron chi connectivity index (χ1n) is 8.26. The number of nitrogen functional groups attached to an aromatic ring is 1. The number of fused-ring (bicyclic) bond motifs is 2. The highest BCUT2D eigenvalue weighted by Gasteiger charge is 2.16. The topological polar surface area (TPSA) is 55.0 Å². The monoisotopic (exact) mass is 336 g/mol. The molecule has 0 saturated carbocycles. The Morgan fingerprint density at radius 2 is 2.04 bits per heavy atom. The average molecular weight is 336 g/mol. The smallest absolute Gasteiger partial charge is 0.180 e. The summed E-state index contributed by atoms with van der Waals surface area (Å²) in [7, 11) is 0. The Balaban J connectivity index is 1.43. The van der Waals surface area contributed by atoms with Crippen LogP contribution in [0, 0.1) is 0 Å². The molecule has 0 fully saturated rings. The Bertz CT molecular complexity index is 853. The van der Waals surface area contributed by atoms with Crippen molar-refractivity contribution in [2.45, 2.75) is 12.8 Å². The van der Waals surface area contributed by atoms with E-state index in [9.17, 15) is 0 Å². The Hall–Kier alpha value is -2.24. The number of anilines is 1. The van der Waals surface area contributed by atoms with Gasteiger partial charge >= 0.3 is 0 Å². The van der Waals surface area contributed by atoms with Crippen LogP contribution in [0.3, 0.4) is 0 Å². The van der Waals surface area contributed by atoms with Gasteiger partial charge in [-0.1, -0.05) is 30.3 Å².